The SMILES string of the molecule is O=C(c1ccc(C(F)F)s1)N1C[C@H]2CC[C@H](N(Cc3ccncc3)c3ccc(Cl)nn3)[C@H]2C1. The zero-order valence-electron chi connectivity index (χ0n) is 17.7. The third kappa shape index (κ3) is 4.56. The second-order valence-corrected chi connectivity index (χ2v) is 9.98. The standard InChI is InChI=1S/C23H22ClF2N5OS/c24-20-5-6-21(29-28-20)31(11-14-7-9-27-10-8-14)17-2-1-15-12-30(13-16(15)17)23(32)19-4-3-18(33-19)22(25)26/h3-10,15-17,22H,1-2,11-13H2/t15-,16+,17+/m1/s1. The third-order valence-corrected chi connectivity index (χ3v) is 7.86. The lowest BCUT2D eigenvalue weighted by molar-refractivity contribution is 0.0784. The van der Waals surface area contributed by atoms with Gasteiger partial charge in [-0.3, -0.25) is 9.78 Å². The van der Waals surface area contributed by atoms with E-state index in [1.54, 1.807) is 18.5 Å². The third-order valence-electron chi connectivity index (χ3n) is 6.57. The summed E-state index contributed by atoms with van der Waals surface area (Å²) in [6.07, 6.45) is 2.97. The number of anilines is 1. The van der Waals surface area contributed by atoms with Crippen LogP contribution in [0.4, 0.5) is 14.6 Å². The van der Waals surface area contributed by atoms with Gasteiger partial charge in [0, 0.05) is 44.0 Å². The van der Waals surface area contributed by atoms with Crippen molar-refractivity contribution < 1.29 is 13.6 Å². The predicted octanol–water partition coefficient (Wildman–Crippen LogP) is 5.08. The van der Waals surface area contributed by atoms with Gasteiger partial charge in [0.15, 0.2) is 11.0 Å². The van der Waals surface area contributed by atoms with E-state index >= 15 is 0 Å². The molecule has 172 valence electrons. The number of rotatable bonds is 6. The Labute approximate surface area is 199 Å². The van der Waals surface area contributed by atoms with E-state index in [0.717, 1.165) is 35.6 Å². The van der Waals surface area contributed by atoms with Gasteiger partial charge >= 0.3 is 0 Å². The van der Waals surface area contributed by atoms with E-state index in [1.165, 1.54) is 12.1 Å². The Hall–Kier alpha value is -2.65. The van der Waals surface area contributed by atoms with E-state index in [-0.39, 0.29) is 22.7 Å². The number of alkyl halides is 2. The molecule has 1 amide bonds. The molecule has 0 bridgehead atoms. The van der Waals surface area contributed by atoms with Crippen LogP contribution in [0.2, 0.25) is 5.15 Å². The molecule has 0 radical (unpaired) electrons. The van der Waals surface area contributed by atoms with E-state index in [9.17, 15) is 13.6 Å². The first-order valence-corrected chi connectivity index (χ1v) is 12.0. The number of nitrogens with zero attached hydrogens (tertiary/aromatic N) is 5. The van der Waals surface area contributed by atoms with Gasteiger partial charge in [0.05, 0.1) is 9.75 Å². The first kappa shape index (κ1) is 22.2. The zero-order valence-corrected chi connectivity index (χ0v) is 19.2. The van der Waals surface area contributed by atoms with Crippen LogP contribution in [0.3, 0.4) is 0 Å². The van der Waals surface area contributed by atoms with Crippen LogP contribution in [0.15, 0.2) is 48.8 Å². The second-order valence-electron chi connectivity index (χ2n) is 8.48. The molecule has 0 spiro atoms. The number of pyridine rings is 1. The molecule has 2 fully saturated rings. The smallest absolute Gasteiger partial charge is 0.272 e. The van der Waals surface area contributed by atoms with Crippen molar-refractivity contribution in [1.82, 2.24) is 20.1 Å². The monoisotopic (exact) mass is 489 g/mol. The second kappa shape index (κ2) is 9.30. The zero-order chi connectivity index (χ0) is 22.9. The summed E-state index contributed by atoms with van der Waals surface area (Å²) in [5.74, 6) is 1.22. The first-order valence-electron chi connectivity index (χ1n) is 10.8. The number of halogens is 3. The topological polar surface area (TPSA) is 62.2 Å². The van der Waals surface area contributed by atoms with Crippen LogP contribution in [-0.4, -0.2) is 45.1 Å². The number of carbonyl (C=O) groups excluding carboxylic acids is 1. The molecular formula is C23H22ClF2N5OS. The largest absolute Gasteiger partial charge is 0.347 e. The number of thiophene rings is 1. The lowest BCUT2D eigenvalue weighted by Crippen LogP contribution is -2.41. The molecule has 5 rings (SSSR count). The van der Waals surface area contributed by atoms with Crippen LogP contribution in [0.5, 0.6) is 0 Å². The molecule has 6 nitrogen and oxygen atoms in total. The Morgan fingerprint density at radius 3 is 2.64 bits per heavy atom. The van der Waals surface area contributed by atoms with Crippen molar-refractivity contribution in [2.24, 2.45) is 11.8 Å². The molecule has 4 heterocycles. The lowest BCUT2D eigenvalue weighted by Gasteiger charge is -2.34. The summed E-state index contributed by atoms with van der Waals surface area (Å²) in [5.41, 5.74) is 1.11. The molecule has 1 aliphatic carbocycles. The molecule has 33 heavy (non-hydrogen) atoms. The average molecular weight is 490 g/mol. The molecule has 2 aliphatic rings. The Balaban J connectivity index is 1.37. The quantitative estimate of drug-likeness (QED) is 0.483. The number of amides is 1. The van der Waals surface area contributed by atoms with Crippen molar-refractivity contribution in [3.8, 4) is 0 Å². The minimum Gasteiger partial charge on any atom is -0.347 e. The fraction of sp³-hybridized carbons (Fsp3) is 0.391. The molecule has 1 saturated heterocycles. The summed E-state index contributed by atoms with van der Waals surface area (Å²) in [5, 5.41) is 8.70. The summed E-state index contributed by atoms with van der Waals surface area (Å²) in [6.45, 7) is 1.89. The lowest BCUT2D eigenvalue weighted by atomic mass is 9.96. The van der Waals surface area contributed by atoms with E-state index in [2.05, 4.69) is 20.1 Å². The van der Waals surface area contributed by atoms with Gasteiger partial charge in [0.2, 0.25) is 0 Å². The maximum Gasteiger partial charge on any atom is 0.272 e. The molecule has 1 aliphatic heterocycles. The number of fused-ring (bicyclic) bond motifs is 1. The maximum atomic E-state index is 13.0. The summed E-state index contributed by atoms with van der Waals surface area (Å²) < 4.78 is 25.9. The number of hydrogen-bond acceptors (Lipinski definition) is 6. The maximum absolute atomic E-state index is 13.0. The highest BCUT2D eigenvalue weighted by atomic mass is 35.5. The van der Waals surface area contributed by atoms with Gasteiger partial charge < -0.3 is 9.80 Å². The van der Waals surface area contributed by atoms with Crippen LogP contribution in [0.25, 0.3) is 0 Å². The number of likely N-dealkylation sites (tertiary alicyclic amines) is 1. The van der Waals surface area contributed by atoms with Crippen molar-refractivity contribution in [2.45, 2.75) is 31.9 Å². The van der Waals surface area contributed by atoms with Crippen LogP contribution in [-0.2, 0) is 6.54 Å². The van der Waals surface area contributed by atoms with Crippen molar-refractivity contribution in [2.75, 3.05) is 18.0 Å². The molecule has 3 aromatic rings. The highest BCUT2D eigenvalue weighted by Gasteiger charge is 2.46. The van der Waals surface area contributed by atoms with Gasteiger partial charge in [0.25, 0.3) is 12.3 Å². The van der Waals surface area contributed by atoms with E-state index in [1.807, 2.05) is 23.1 Å². The molecule has 0 N–H and O–H groups in total. The van der Waals surface area contributed by atoms with Gasteiger partial charge in [-0.15, -0.1) is 21.5 Å². The Morgan fingerprint density at radius 2 is 1.94 bits per heavy atom. The van der Waals surface area contributed by atoms with Gasteiger partial charge in [0.1, 0.15) is 0 Å². The van der Waals surface area contributed by atoms with Crippen molar-refractivity contribution in [3.05, 3.63) is 69.3 Å². The van der Waals surface area contributed by atoms with Gasteiger partial charge in [-0.05, 0) is 60.7 Å². The number of carbonyl (C=O) groups is 1. The fourth-order valence-electron chi connectivity index (χ4n) is 5.05. The van der Waals surface area contributed by atoms with Gasteiger partial charge in [-0.1, -0.05) is 11.6 Å². The van der Waals surface area contributed by atoms with Crippen LogP contribution < -0.4 is 4.90 Å². The summed E-state index contributed by atoms with van der Waals surface area (Å²) >= 11 is 6.85. The molecule has 0 unspecified atom stereocenters. The minimum atomic E-state index is -2.55. The molecule has 10 heteroatoms. The normalized spacial score (nSPS) is 22.1. The summed E-state index contributed by atoms with van der Waals surface area (Å²) in [7, 11) is 0. The Kier molecular flexibility index (Phi) is 6.25. The summed E-state index contributed by atoms with van der Waals surface area (Å²) in [4.78, 5) is 21.5. The van der Waals surface area contributed by atoms with Crippen molar-refractivity contribution in [1.29, 1.82) is 0 Å². The Bertz CT molecular complexity index is 1110. The molecule has 0 aromatic carbocycles. The van der Waals surface area contributed by atoms with Crippen LogP contribution >= 0.6 is 22.9 Å². The molecule has 1 saturated carbocycles. The number of hydrogen-bond donors (Lipinski definition) is 0. The summed E-state index contributed by atoms with van der Waals surface area (Å²) in [6, 6.07) is 10.6. The van der Waals surface area contributed by atoms with Crippen LogP contribution in [0, 0.1) is 11.8 Å². The fourth-order valence-corrected chi connectivity index (χ4v) is 5.98. The van der Waals surface area contributed by atoms with E-state index < -0.39 is 6.43 Å². The number of aromatic nitrogens is 3. The molecular weight excluding hydrogens is 468 g/mol. The Morgan fingerprint density at radius 1 is 1.12 bits per heavy atom. The molecule has 3 atom stereocenters. The molecule has 3 aromatic heterocycles. The van der Waals surface area contributed by atoms with Gasteiger partial charge in [-0.25, -0.2) is 8.78 Å². The van der Waals surface area contributed by atoms with Crippen molar-refractivity contribution in [3.63, 3.8) is 0 Å². The first-order chi connectivity index (χ1) is 16.0. The highest BCUT2D eigenvalue weighted by Crippen LogP contribution is 2.43. The van der Waals surface area contributed by atoms with Gasteiger partial charge in [-0.2, -0.15) is 0 Å². The highest BCUT2D eigenvalue weighted by molar-refractivity contribution is 7.14. The predicted molar refractivity (Wildman–Crippen MR) is 123 cm³/mol. The van der Waals surface area contributed by atoms with E-state index in [0.29, 0.717) is 35.6 Å². The van der Waals surface area contributed by atoms with E-state index in [4.69, 9.17) is 11.6 Å². The van der Waals surface area contributed by atoms with Crippen molar-refractivity contribution >= 4 is 34.7 Å². The minimum absolute atomic E-state index is 0.0690. The average Bonchev–Trinajstić information content (AvgIpc) is 3.55. The van der Waals surface area contributed by atoms with Crippen LogP contribution in [0.1, 0.15) is 39.4 Å².